The van der Waals surface area contributed by atoms with Crippen molar-refractivity contribution >= 4 is 17.4 Å². The van der Waals surface area contributed by atoms with Crippen LogP contribution in [0.4, 0.5) is 4.79 Å². The van der Waals surface area contributed by atoms with Gasteiger partial charge in [0.15, 0.2) is 0 Å². The van der Waals surface area contributed by atoms with Crippen molar-refractivity contribution in [3.63, 3.8) is 0 Å². The Bertz CT molecular complexity index is 877. The second kappa shape index (κ2) is 9.76. The standard InChI is InChI=1S/C23H24N2O2S/c1-3-15-25(17-21-10-7-16-28-21)23(26)24-22(18-8-5-4-6-9-18)19-11-13-20(27-2)14-12-19/h3-14,16,22H,1,15,17H2,2H3,(H,24,26). The Balaban J connectivity index is 1.84. The molecule has 0 radical (unpaired) electrons. The highest BCUT2D eigenvalue weighted by molar-refractivity contribution is 7.09. The largest absolute Gasteiger partial charge is 0.497 e. The maximum atomic E-state index is 13.1. The highest BCUT2D eigenvalue weighted by Gasteiger charge is 2.21. The third-order valence-electron chi connectivity index (χ3n) is 4.41. The lowest BCUT2D eigenvalue weighted by Crippen LogP contribution is -2.41. The molecule has 0 saturated heterocycles. The summed E-state index contributed by atoms with van der Waals surface area (Å²) in [5, 5.41) is 5.20. The van der Waals surface area contributed by atoms with Crippen LogP contribution in [0.1, 0.15) is 22.0 Å². The molecular formula is C23H24N2O2S. The Kier molecular flexibility index (Phi) is 6.87. The molecule has 1 heterocycles. The summed E-state index contributed by atoms with van der Waals surface area (Å²) in [6.07, 6.45) is 1.75. The summed E-state index contributed by atoms with van der Waals surface area (Å²) < 4.78 is 5.26. The predicted octanol–water partition coefficient (Wildman–Crippen LogP) is 5.24. The van der Waals surface area contributed by atoms with Crippen LogP contribution in [0.2, 0.25) is 0 Å². The molecule has 4 nitrogen and oxygen atoms in total. The lowest BCUT2D eigenvalue weighted by Gasteiger charge is -2.26. The van der Waals surface area contributed by atoms with Crippen molar-refractivity contribution in [2.75, 3.05) is 13.7 Å². The monoisotopic (exact) mass is 392 g/mol. The molecule has 0 bridgehead atoms. The fourth-order valence-corrected chi connectivity index (χ4v) is 3.70. The molecular weight excluding hydrogens is 368 g/mol. The average molecular weight is 393 g/mol. The van der Waals surface area contributed by atoms with Crippen LogP contribution >= 0.6 is 11.3 Å². The first-order valence-corrected chi connectivity index (χ1v) is 9.97. The number of carbonyl (C=O) groups is 1. The normalized spacial score (nSPS) is 11.5. The minimum atomic E-state index is -0.254. The number of ether oxygens (including phenoxy) is 1. The summed E-state index contributed by atoms with van der Waals surface area (Å²) in [5.41, 5.74) is 2.02. The van der Waals surface area contributed by atoms with E-state index in [9.17, 15) is 4.79 Å². The molecule has 0 aliphatic heterocycles. The number of rotatable bonds is 8. The van der Waals surface area contributed by atoms with Crippen LogP contribution in [0.3, 0.4) is 0 Å². The summed E-state index contributed by atoms with van der Waals surface area (Å²) in [4.78, 5) is 16.0. The van der Waals surface area contributed by atoms with Crippen LogP contribution in [-0.4, -0.2) is 24.6 Å². The van der Waals surface area contributed by atoms with E-state index >= 15 is 0 Å². The number of hydrogen-bond donors (Lipinski definition) is 1. The minimum absolute atomic E-state index is 0.127. The Morgan fingerprint density at radius 1 is 1.11 bits per heavy atom. The Morgan fingerprint density at radius 2 is 1.82 bits per heavy atom. The van der Waals surface area contributed by atoms with Gasteiger partial charge in [0.25, 0.3) is 0 Å². The van der Waals surface area contributed by atoms with Gasteiger partial charge >= 0.3 is 6.03 Å². The van der Waals surface area contributed by atoms with Gasteiger partial charge in [-0.1, -0.05) is 54.6 Å². The highest BCUT2D eigenvalue weighted by Crippen LogP contribution is 2.25. The SMILES string of the molecule is C=CCN(Cc1cccs1)C(=O)NC(c1ccccc1)c1ccc(OC)cc1. The van der Waals surface area contributed by atoms with Gasteiger partial charge in [0, 0.05) is 11.4 Å². The van der Waals surface area contributed by atoms with E-state index in [1.165, 1.54) is 0 Å². The van der Waals surface area contributed by atoms with E-state index in [0.29, 0.717) is 13.1 Å². The first-order chi connectivity index (χ1) is 13.7. The fourth-order valence-electron chi connectivity index (χ4n) is 2.98. The fraction of sp³-hybridized carbons (Fsp3) is 0.174. The maximum Gasteiger partial charge on any atom is 0.318 e. The number of amides is 2. The van der Waals surface area contributed by atoms with Gasteiger partial charge in [0.2, 0.25) is 0 Å². The van der Waals surface area contributed by atoms with Gasteiger partial charge in [-0.15, -0.1) is 17.9 Å². The van der Waals surface area contributed by atoms with Gasteiger partial charge in [-0.25, -0.2) is 4.79 Å². The molecule has 144 valence electrons. The summed E-state index contributed by atoms with van der Waals surface area (Å²) in [7, 11) is 1.64. The van der Waals surface area contributed by atoms with Crippen LogP contribution < -0.4 is 10.1 Å². The zero-order valence-electron chi connectivity index (χ0n) is 15.9. The predicted molar refractivity (Wildman–Crippen MR) is 115 cm³/mol. The van der Waals surface area contributed by atoms with E-state index in [-0.39, 0.29) is 12.1 Å². The zero-order valence-corrected chi connectivity index (χ0v) is 16.7. The van der Waals surface area contributed by atoms with E-state index in [0.717, 1.165) is 21.8 Å². The molecule has 3 rings (SSSR count). The van der Waals surface area contributed by atoms with Gasteiger partial charge < -0.3 is 15.0 Å². The van der Waals surface area contributed by atoms with Crippen molar-refractivity contribution in [2.45, 2.75) is 12.6 Å². The van der Waals surface area contributed by atoms with Crippen LogP contribution in [0, 0.1) is 0 Å². The second-order valence-electron chi connectivity index (χ2n) is 6.31. The number of hydrogen-bond acceptors (Lipinski definition) is 3. The van der Waals surface area contributed by atoms with Gasteiger partial charge in [-0.3, -0.25) is 0 Å². The Hall–Kier alpha value is -3.05. The van der Waals surface area contributed by atoms with Crippen molar-refractivity contribution in [3.8, 4) is 5.75 Å². The Morgan fingerprint density at radius 3 is 2.43 bits per heavy atom. The van der Waals surface area contributed by atoms with Crippen molar-refractivity contribution in [2.24, 2.45) is 0 Å². The molecule has 5 heteroatoms. The molecule has 0 spiro atoms. The molecule has 28 heavy (non-hydrogen) atoms. The van der Waals surface area contributed by atoms with E-state index in [4.69, 9.17) is 4.74 Å². The molecule has 0 aliphatic rings. The van der Waals surface area contributed by atoms with E-state index in [1.807, 2.05) is 72.1 Å². The molecule has 1 aromatic heterocycles. The molecule has 2 aromatic carbocycles. The first kappa shape index (κ1) is 19.7. The number of nitrogens with zero attached hydrogens (tertiary/aromatic N) is 1. The molecule has 3 aromatic rings. The number of carbonyl (C=O) groups excluding carboxylic acids is 1. The summed E-state index contributed by atoms with van der Waals surface area (Å²) in [6, 6.07) is 21.4. The van der Waals surface area contributed by atoms with Crippen molar-refractivity contribution in [1.82, 2.24) is 10.2 Å². The Labute approximate surface area is 170 Å². The van der Waals surface area contributed by atoms with E-state index in [2.05, 4.69) is 11.9 Å². The smallest absolute Gasteiger partial charge is 0.318 e. The van der Waals surface area contributed by atoms with Gasteiger partial charge in [-0.2, -0.15) is 0 Å². The first-order valence-electron chi connectivity index (χ1n) is 9.09. The van der Waals surface area contributed by atoms with Crippen LogP contribution in [0.5, 0.6) is 5.75 Å². The molecule has 1 N–H and O–H groups in total. The summed E-state index contributed by atoms with van der Waals surface area (Å²) >= 11 is 1.64. The quantitative estimate of drug-likeness (QED) is 0.532. The van der Waals surface area contributed by atoms with Crippen LogP contribution in [0.15, 0.2) is 84.8 Å². The number of methoxy groups -OCH3 is 1. The molecule has 1 atom stereocenters. The van der Waals surface area contributed by atoms with Crippen LogP contribution in [0.25, 0.3) is 0 Å². The van der Waals surface area contributed by atoms with Crippen molar-refractivity contribution in [3.05, 3.63) is 101 Å². The summed E-state index contributed by atoms with van der Waals surface area (Å²) in [6.45, 7) is 4.83. The highest BCUT2D eigenvalue weighted by atomic mass is 32.1. The third-order valence-corrected chi connectivity index (χ3v) is 5.27. The lowest BCUT2D eigenvalue weighted by atomic mass is 9.99. The minimum Gasteiger partial charge on any atom is -0.497 e. The van der Waals surface area contributed by atoms with Gasteiger partial charge in [0.1, 0.15) is 5.75 Å². The molecule has 1 unspecified atom stereocenters. The average Bonchev–Trinajstić information content (AvgIpc) is 3.25. The molecule has 2 amide bonds. The van der Waals surface area contributed by atoms with E-state index in [1.54, 1.807) is 29.4 Å². The molecule has 0 saturated carbocycles. The van der Waals surface area contributed by atoms with Gasteiger partial charge in [-0.05, 0) is 34.7 Å². The number of urea groups is 1. The number of nitrogens with one attached hydrogen (secondary N) is 1. The maximum absolute atomic E-state index is 13.1. The van der Waals surface area contributed by atoms with E-state index < -0.39 is 0 Å². The second-order valence-corrected chi connectivity index (χ2v) is 7.35. The number of thiophene rings is 1. The zero-order chi connectivity index (χ0) is 19.8. The van der Waals surface area contributed by atoms with Crippen molar-refractivity contribution in [1.29, 1.82) is 0 Å². The van der Waals surface area contributed by atoms with Crippen LogP contribution in [-0.2, 0) is 6.54 Å². The topological polar surface area (TPSA) is 41.6 Å². The van der Waals surface area contributed by atoms with Crippen molar-refractivity contribution < 1.29 is 9.53 Å². The third kappa shape index (κ3) is 5.02. The molecule has 0 aliphatic carbocycles. The summed E-state index contributed by atoms with van der Waals surface area (Å²) in [5.74, 6) is 0.785. The number of benzene rings is 2. The van der Waals surface area contributed by atoms with Gasteiger partial charge in [0.05, 0.1) is 19.7 Å². The molecule has 0 fully saturated rings. The lowest BCUT2D eigenvalue weighted by molar-refractivity contribution is 0.199.